The van der Waals surface area contributed by atoms with Crippen LogP contribution >= 0.6 is 15.9 Å². The molecule has 0 aliphatic carbocycles. The van der Waals surface area contributed by atoms with Crippen molar-refractivity contribution in [2.24, 2.45) is 0 Å². The molecule has 2 rings (SSSR count). The first-order chi connectivity index (χ1) is 6.68. The molecule has 0 unspecified atom stereocenters. The Morgan fingerprint density at radius 2 is 2.21 bits per heavy atom. The minimum Gasteiger partial charge on any atom is -0.378 e. The second kappa shape index (κ2) is 3.44. The van der Waals surface area contributed by atoms with Crippen molar-refractivity contribution >= 4 is 22.2 Å². The van der Waals surface area contributed by atoms with Gasteiger partial charge in [0.25, 0.3) is 0 Å². The summed E-state index contributed by atoms with van der Waals surface area (Å²) in [6.07, 6.45) is 0.765. The maximum Gasteiger partial charge on any atom is 0.135 e. The molecular weight excluding hydrogens is 251 g/mol. The summed E-state index contributed by atoms with van der Waals surface area (Å²) < 4.78 is 19.2. The van der Waals surface area contributed by atoms with Gasteiger partial charge in [0.05, 0.1) is 13.2 Å². The Hall–Kier alpha value is -0.740. The standard InChI is InChI=1S/C10H8BrFO2/c11-7-1-2-9(12)8(3-7)10(4-13)5-14-6-10/h1-4H,5-6H2. The van der Waals surface area contributed by atoms with E-state index in [1.165, 1.54) is 6.07 Å². The Labute approximate surface area is 89.2 Å². The molecule has 1 heterocycles. The van der Waals surface area contributed by atoms with E-state index in [9.17, 15) is 9.18 Å². The molecule has 0 radical (unpaired) electrons. The Morgan fingerprint density at radius 1 is 1.50 bits per heavy atom. The molecule has 4 heteroatoms. The number of ether oxygens (including phenoxy) is 1. The zero-order valence-corrected chi connectivity index (χ0v) is 8.88. The Kier molecular flexibility index (Phi) is 2.41. The van der Waals surface area contributed by atoms with Crippen molar-refractivity contribution in [3.63, 3.8) is 0 Å². The summed E-state index contributed by atoms with van der Waals surface area (Å²) in [7, 11) is 0. The lowest BCUT2D eigenvalue weighted by Gasteiger charge is -2.37. The van der Waals surface area contributed by atoms with Crippen LogP contribution in [-0.2, 0) is 14.9 Å². The molecule has 0 bridgehead atoms. The first-order valence-electron chi connectivity index (χ1n) is 4.17. The number of halogens is 2. The fourth-order valence-electron chi connectivity index (χ4n) is 1.49. The van der Waals surface area contributed by atoms with Gasteiger partial charge in [0.2, 0.25) is 0 Å². The van der Waals surface area contributed by atoms with E-state index in [1.54, 1.807) is 12.1 Å². The summed E-state index contributed by atoms with van der Waals surface area (Å²) in [5, 5.41) is 0. The molecule has 1 aliphatic heterocycles. The highest BCUT2D eigenvalue weighted by molar-refractivity contribution is 9.10. The van der Waals surface area contributed by atoms with Crippen LogP contribution in [0.1, 0.15) is 5.56 Å². The number of benzene rings is 1. The van der Waals surface area contributed by atoms with Crippen LogP contribution in [0.15, 0.2) is 22.7 Å². The highest BCUT2D eigenvalue weighted by atomic mass is 79.9. The number of carbonyl (C=O) groups is 1. The Bertz CT molecular complexity index is 374. The first kappa shape index (κ1) is 9.80. The van der Waals surface area contributed by atoms with Crippen LogP contribution in [0.5, 0.6) is 0 Å². The largest absolute Gasteiger partial charge is 0.378 e. The van der Waals surface area contributed by atoms with Gasteiger partial charge in [0.15, 0.2) is 0 Å². The van der Waals surface area contributed by atoms with Crippen LogP contribution in [0.4, 0.5) is 4.39 Å². The van der Waals surface area contributed by atoms with Crippen molar-refractivity contribution in [2.75, 3.05) is 13.2 Å². The zero-order valence-electron chi connectivity index (χ0n) is 7.30. The molecule has 74 valence electrons. The number of hydrogen-bond acceptors (Lipinski definition) is 2. The summed E-state index contributed by atoms with van der Waals surface area (Å²) in [4.78, 5) is 10.9. The monoisotopic (exact) mass is 258 g/mol. The predicted octanol–water partition coefficient (Wildman–Crippen LogP) is 2.06. The summed E-state index contributed by atoms with van der Waals surface area (Å²) in [5.41, 5.74) is -0.360. The van der Waals surface area contributed by atoms with E-state index in [2.05, 4.69) is 15.9 Å². The molecule has 0 saturated carbocycles. The van der Waals surface area contributed by atoms with Gasteiger partial charge in [-0.05, 0) is 18.2 Å². The van der Waals surface area contributed by atoms with Gasteiger partial charge in [-0.2, -0.15) is 0 Å². The van der Waals surface area contributed by atoms with E-state index in [-0.39, 0.29) is 19.0 Å². The summed E-state index contributed by atoms with van der Waals surface area (Å²) >= 11 is 3.25. The molecule has 1 saturated heterocycles. The summed E-state index contributed by atoms with van der Waals surface area (Å²) in [6, 6.07) is 4.59. The van der Waals surface area contributed by atoms with Gasteiger partial charge in [-0.25, -0.2) is 4.39 Å². The predicted molar refractivity (Wildman–Crippen MR) is 52.7 cm³/mol. The molecule has 1 aromatic rings. The number of aldehydes is 1. The second-order valence-electron chi connectivity index (χ2n) is 3.39. The molecule has 2 nitrogen and oxygen atoms in total. The third-order valence-electron chi connectivity index (χ3n) is 2.41. The lowest BCUT2D eigenvalue weighted by molar-refractivity contribution is -0.130. The summed E-state index contributed by atoms with van der Waals surface area (Å²) in [5.74, 6) is -0.358. The molecule has 14 heavy (non-hydrogen) atoms. The number of rotatable bonds is 2. The molecule has 1 fully saturated rings. The van der Waals surface area contributed by atoms with E-state index >= 15 is 0 Å². The zero-order chi connectivity index (χ0) is 10.2. The van der Waals surface area contributed by atoms with E-state index in [0.717, 1.165) is 10.8 Å². The third-order valence-corrected chi connectivity index (χ3v) is 2.90. The molecule has 0 atom stereocenters. The fourth-order valence-corrected chi connectivity index (χ4v) is 1.85. The quantitative estimate of drug-likeness (QED) is 0.760. The van der Waals surface area contributed by atoms with Crippen molar-refractivity contribution in [1.29, 1.82) is 0 Å². The van der Waals surface area contributed by atoms with Crippen molar-refractivity contribution in [3.05, 3.63) is 34.1 Å². The van der Waals surface area contributed by atoms with Gasteiger partial charge in [0.1, 0.15) is 17.5 Å². The Morgan fingerprint density at radius 3 is 2.71 bits per heavy atom. The molecule has 0 aromatic heterocycles. The van der Waals surface area contributed by atoms with Crippen molar-refractivity contribution in [2.45, 2.75) is 5.41 Å². The van der Waals surface area contributed by atoms with Crippen molar-refractivity contribution in [3.8, 4) is 0 Å². The normalized spacial score (nSPS) is 18.7. The average molecular weight is 259 g/mol. The molecule has 0 spiro atoms. The summed E-state index contributed by atoms with van der Waals surface area (Å²) in [6.45, 7) is 0.535. The highest BCUT2D eigenvalue weighted by Gasteiger charge is 2.42. The fraction of sp³-hybridized carbons (Fsp3) is 0.300. The minimum atomic E-state index is -0.770. The first-order valence-corrected chi connectivity index (χ1v) is 4.97. The molecule has 1 aliphatic rings. The van der Waals surface area contributed by atoms with Gasteiger partial charge in [-0.15, -0.1) is 0 Å². The second-order valence-corrected chi connectivity index (χ2v) is 4.31. The van der Waals surface area contributed by atoms with E-state index in [1.807, 2.05) is 0 Å². The van der Waals surface area contributed by atoms with Crippen LogP contribution in [0.2, 0.25) is 0 Å². The van der Waals surface area contributed by atoms with E-state index < -0.39 is 5.41 Å². The van der Waals surface area contributed by atoms with Crippen molar-refractivity contribution in [1.82, 2.24) is 0 Å². The number of carbonyl (C=O) groups excluding carboxylic acids is 1. The maximum atomic E-state index is 13.4. The topological polar surface area (TPSA) is 26.3 Å². The van der Waals surface area contributed by atoms with Crippen LogP contribution < -0.4 is 0 Å². The molecular formula is C10H8BrFO2. The average Bonchev–Trinajstić information content (AvgIpc) is 2.10. The van der Waals surface area contributed by atoms with Gasteiger partial charge in [-0.1, -0.05) is 15.9 Å². The maximum absolute atomic E-state index is 13.4. The highest BCUT2D eigenvalue weighted by Crippen LogP contribution is 2.33. The van der Waals surface area contributed by atoms with Gasteiger partial charge in [0, 0.05) is 10.0 Å². The SMILES string of the molecule is O=CC1(c2cc(Br)ccc2F)COC1. The number of hydrogen-bond donors (Lipinski definition) is 0. The van der Waals surface area contributed by atoms with Gasteiger partial charge < -0.3 is 9.53 Å². The Balaban J connectivity index is 2.48. The lowest BCUT2D eigenvalue weighted by atomic mass is 9.80. The van der Waals surface area contributed by atoms with Crippen molar-refractivity contribution < 1.29 is 13.9 Å². The van der Waals surface area contributed by atoms with Gasteiger partial charge >= 0.3 is 0 Å². The van der Waals surface area contributed by atoms with Gasteiger partial charge in [-0.3, -0.25) is 0 Å². The lowest BCUT2D eigenvalue weighted by Crippen LogP contribution is -2.48. The smallest absolute Gasteiger partial charge is 0.135 e. The minimum absolute atomic E-state index is 0.268. The van der Waals surface area contributed by atoms with Crippen LogP contribution in [0.3, 0.4) is 0 Å². The molecule has 1 aromatic carbocycles. The van der Waals surface area contributed by atoms with E-state index in [4.69, 9.17) is 4.74 Å². The molecule has 0 N–H and O–H groups in total. The van der Waals surface area contributed by atoms with E-state index in [0.29, 0.717) is 5.56 Å². The van der Waals surface area contributed by atoms with Crippen LogP contribution in [0, 0.1) is 5.82 Å². The molecule has 0 amide bonds. The van der Waals surface area contributed by atoms with Crippen LogP contribution in [-0.4, -0.2) is 19.5 Å². The third kappa shape index (κ3) is 1.38. The van der Waals surface area contributed by atoms with Crippen LogP contribution in [0.25, 0.3) is 0 Å².